The molecule has 0 radical (unpaired) electrons. The van der Waals surface area contributed by atoms with Crippen LogP contribution in [0.3, 0.4) is 0 Å². The lowest BCUT2D eigenvalue weighted by atomic mass is 10.2. The topological polar surface area (TPSA) is 0 Å². The molecule has 0 atom stereocenters. The summed E-state index contributed by atoms with van der Waals surface area (Å²) in [5.74, 6) is -0.497. The van der Waals surface area contributed by atoms with Gasteiger partial charge >= 0.3 is 0 Å². The summed E-state index contributed by atoms with van der Waals surface area (Å²) in [6.07, 6.45) is 3.53. The zero-order valence-electron chi connectivity index (χ0n) is 6.53. The van der Waals surface area contributed by atoms with Crippen molar-refractivity contribution in [3.8, 4) is 0 Å². The molecule has 4 heteroatoms. The molecule has 0 N–H and O–H groups in total. The van der Waals surface area contributed by atoms with E-state index in [0.717, 1.165) is 0 Å². The molecule has 0 saturated carbocycles. The second-order valence-corrected chi connectivity index (χ2v) is 3.81. The predicted octanol–water partition coefficient (Wildman–Crippen LogP) is 4.54. The molecule has 0 nitrogen and oxygen atoms in total. The van der Waals surface area contributed by atoms with E-state index in [1.807, 2.05) is 6.08 Å². The van der Waals surface area contributed by atoms with Gasteiger partial charge in [0.15, 0.2) is 0 Å². The van der Waals surface area contributed by atoms with Crippen molar-refractivity contribution in [3.05, 3.63) is 39.6 Å². The maximum Gasteiger partial charge on any atom is 0.143 e. The zero-order valence-corrected chi connectivity index (χ0v) is 9.63. The van der Waals surface area contributed by atoms with Crippen LogP contribution >= 0.6 is 39.1 Å². The van der Waals surface area contributed by atoms with Crippen LogP contribution in [0.4, 0.5) is 4.39 Å². The Balaban J connectivity index is 3.12. The van der Waals surface area contributed by atoms with Crippen LogP contribution in [0.2, 0.25) is 10.0 Å². The SMILES string of the molecule is Fc1cc(Cl)cc(C=CCBr)c1Cl. The van der Waals surface area contributed by atoms with E-state index in [-0.39, 0.29) is 5.02 Å². The standard InChI is InChI=1S/C9H6BrCl2F/c10-3-1-2-6-4-7(11)5-8(13)9(6)12/h1-2,4-5H,3H2. The van der Waals surface area contributed by atoms with Crippen LogP contribution in [-0.4, -0.2) is 5.33 Å². The van der Waals surface area contributed by atoms with Gasteiger partial charge in [-0.05, 0) is 17.7 Å². The minimum absolute atomic E-state index is 0.0987. The van der Waals surface area contributed by atoms with E-state index in [4.69, 9.17) is 23.2 Å². The number of rotatable bonds is 2. The summed E-state index contributed by atoms with van der Waals surface area (Å²) in [5, 5.41) is 1.13. The van der Waals surface area contributed by atoms with Crippen LogP contribution in [0.25, 0.3) is 6.08 Å². The molecule has 0 spiro atoms. The van der Waals surface area contributed by atoms with Gasteiger partial charge in [0.1, 0.15) is 5.82 Å². The molecule has 70 valence electrons. The Kier molecular flexibility index (Phi) is 4.23. The van der Waals surface area contributed by atoms with E-state index in [9.17, 15) is 4.39 Å². The first kappa shape index (κ1) is 11.0. The highest BCUT2D eigenvalue weighted by molar-refractivity contribution is 9.09. The fourth-order valence-corrected chi connectivity index (χ4v) is 1.44. The van der Waals surface area contributed by atoms with Gasteiger partial charge in [0.05, 0.1) is 5.02 Å². The fraction of sp³-hybridized carbons (Fsp3) is 0.111. The molecule has 0 unspecified atom stereocenters. The Hall–Kier alpha value is -0.0500. The van der Waals surface area contributed by atoms with Crippen molar-refractivity contribution < 1.29 is 4.39 Å². The second kappa shape index (κ2) is 4.99. The zero-order chi connectivity index (χ0) is 9.84. The van der Waals surface area contributed by atoms with Crippen LogP contribution < -0.4 is 0 Å². The molecule has 0 saturated heterocycles. The van der Waals surface area contributed by atoms with Gasteiger partial charge in [0.2, 0.25) is 0 Å². The molecule has 0 amide bonds. The van der Waals surface area contributed by atoms with Gasteiger partial charge in [0, 0.05) is 10.4 Å². The van der Waals surface area contributed by atoms with Crippen molar-refractivity contribution in [2.24, 2.45) is 0 Å². The quantitative estimate of drug-likeness (QED) is 0.552. The van der Waals surface area contributed by atoms with E-state index < -0.39 is 5.82 Å². The van der Waals surface area contributed by atoms with Gasteiger partial charge in [-0.1, -0.05) is 51.3 Å². The first-order valence-corrected chi connectivity index (χ1v) is 5.40. The number of halogens is 4. The predicted molar refractivity (Wildman–Crippen MR) is 59.2 cm³/mol. The summed E-state index contributed by atoms with van der Waals surface area (Å²) in [6, 6.07) is 2.81. The van der Waals surface area contributed by atoms with Crippen molar-refractivity contribution in [1.29, 1.82) is 0 Å². The van der Waals surface area contributed by atoms with Gasteiger partial charge in [-0.2, -0.15) is 0 Å². The number of allylic oxidation sites excluding steroid dienone is 1. The highest BCUT2D eigenvalue weighted by Gasteiger charge is 2.05. The lowest BCUT2D eigenvalue weighted by molar-refractivity contribution is 0.628. The average molecular weight is 284 g/mol. The average Bonchev–Trinajstić information content (AvgIpc) is 2.09. The monoisotopic (exact) mass is 282 g/mol. The summed E-state index contributed by atoms with van der Waals surface area (Å²) < 4.78 is 13.0. The summed E-state index contributed by atoms with van der Waals surface area (Å²) in [7, 11) is 0. The number of hydrogen-bond donors (Lipinski definition) is 0. The van der Waals surface area contributed by atoms with E-state index in [1.54, 1.807) is 12.1 Å². The van der Waals surface area contributed by atoms with Crippen molar-refractivity contribution in [1.82, 2.24) is 0 Å². The Bertz CT molecular complexity index is 337. The fourth-order valence-electron chi connectivity index (χ4n) is 0.869. The van der Waals surface area contributed by atoms with Gasteiger partial charge in [0.25, 0.3) is 0 Å². The van der Waals surface area contributed by atoms with Crippen LogP contribution in [0.15, 0.2) is 18.2 Å². The third kappa shape index (κ3) is 2.97. The van der Waals surface area contributed by atoms with Crippen LogP contribution in [0.1, 0.15) is 5.56 Å². The van der Waals surface area contributed by atoms with Gasteiger partial charge < -0.3 is 0 Å². The Labute approximate surface area is 94.5 Å². The highest BCUT2D eigenvalue weighted by Crippen LogP contribution is 2.25. The molecule has 0 aliphatic heterocycles. The molecular formula is C9H6BrCl2F. The summed E-state index contributed by atoms with van der Waals surface area (Å²) in [6.45, 7) is 0. The van der Waals surface area contributed by atoms with Crippen molar-refractivity contribution in [2.45, 2.75) is 0 Å². The third-order valence-electron chi connectivity index (χ3n) is 1.41. The minimum Gasteiger partial charge on any atom is -0.205 e. The molecule has 13 heavy (non-hydrogen) atoms. The van der Waals surface area contributed by atoms with Crippen molar-refractivity contribution >= 4 is 45.2 Å². The number of alkyl halides is 1. The van der Waals surface area contributed by atoms with E-state index in [1.165, 1.54) is 6.07 Å². The van der Waals surface area contributed by atoms with Crippen molar-refractivity contribution in [3.63, 3.8) is 0 Å². The third-order valence-corrected chi connectivity index (χ3v) is 2.40. The summed E-state index contributed by atoms with van der Waals surface area (Å²) >= 11 is 14.6. The Morgan fingerprint density at radius 2 is 2.08 bits per heavy atom. The first-order chi connectivity index (χ1) is 6.15. The van der Waals surface area contributed by atoms with E-state index >= 15 is 0 Å². The molecule has 0 aliphatic carbocycles. The maximum atomic E-state index is 13.0. The smallest absolute Gasteiger partial charge is 0.143 e. The Morgan fingerprint density at radius 3 is 2.69 bits per heavy atom. The van der Waals surface area contributed by atoms with Crippen molar-refractivity contribution in [2.75, 3.05) is 5.33 Å². The van der Waals surface area contributed by atoms with Crippen LogP contribution in [-0.2, 0) is 0 Å². The normalized spacial score (nSPS) is 11.1. The molecule has 1 aromatic carbocycles. The van der Waals surface area contributed by atoms with Gasteiger partial charge in [-0.15, -0.1) is 0 Å². The largest absolute Gasteiger partial charge is 0.205 e. The molecule has 0 bridgehead atoms. The minimum atomic E-state index is -0.497. The summed E-state index contributed by atoms with van der Waals surface area (Å²) in [4.78, 5) is 0. The van der Waals surface area contributed by atoms with Crippen LogP contribution in [0, 0.1) is 5.82 Å². The molecule has 1 aromatic rings. The van der Waals surface area contributed by atoms with Gasteiger partial charge in [-0.25, -0.2) is 4.39 Å². The first-order valence-electron chi connectivity index (χ1n) is 3.52. The van der Waals surface area contributed by atoms with E-state index in [0.29, 0.717) is 15.9 Å². The second-order valence-electron chi connectivity index (χ2n) is 2.35. The Morgan fingerprint density at radius 1 is 1.38 bits per heavy atom. The lowest BCUT2D eigenvalue weighted by Gasteiger charge is -2.00. The molecule has 0 heterocycles. The molecular weight excluding hydrogens is 278 g/mol. The van der Waals surface area contributed by atoms with E-state index in [2.05, 4.69) is 15.9 Å². The summed E-state index contributed by atoms with van der Waals surface area (Å²) in [5.41, 5.74) is 0.589. The number of hydrogen-bond acceptors (Lipinski definition) is 0. The molecule has 0 aromatic heterocycles. The van der Waals surface area contributed by atoms with Crippen LogP contribution in [0.5, 0.6) is 0 Å². The highest BCUT2D eigenvalue weighted by atomic mass is 79.9. The number of benzene rings is 1. The molecule has 1 rings (SSSR count). The molecule has 0 fully saturated rings. The lowest BCUT2D eigenvalue weighted by Crippen LogP contribution is -1.82. The van der Waals surface area contributed by atoms with Gasteiger partial charge in [-0.3, -0.25) is 0 Å². The molecule has 0 aliphatic rings. The maximum absolute atomic E-state index is 13.0.